The second-order valence-electron chi connectivity index (χ2n) is 8.76. The summed E-state index contributed by atoms with van der Waals surface area (Å²) in [6.45, 7) is 3.03. The molecule has 0 fully saturated rings. The number of benzene rings is 2. The molecule has 2 aliphatic rings. The molecular weight excluding hydrogens is 420 g/mol. The van der Waals surface area contributed by atoms with E-state index in [-0.39, 0.29) is 11.4 Å². The minimum absolute atomic E-state index is 0.120. The molecule has 0 saturated heterocycles. The van der Waals surface area contributed by atoms with Gasteiger partial charge < -0.3 is 9.84 Å². The molecule has 0 spiro atoms. The van der Waals surface area contributed by atoms with Gasteiger partial charge in [-0.2, -0.15) is 0 Å². The number of nitrogens with zero attached hydrogens (tertiary/aromatic N) is 3. The molecule has 0 bridgehead atoms. The van der Waals surface area contributed by atoms with E-state index in [0.717, 1.165) is 9.80 Å². The third kappa shape index (κ3) is 3.79. The lowest BCUT2D eigenvalue weighted by Crippen LogP contribution is -2.57. The average Bonchev–Trinajstić information content (AvgIpc) is 2.92. The number of anilines is 1. The normalized spacial score (nSPS) is 19.8. The smallest absolute Gasteiger partial charge is 0.409 e. The van der Waals surface area contributed by atoms with Gasteiger partial charge in [0.1, 0.15) is 5.75 Å². The van der Waals surface area contributed by atoms with E-state index in [4.69, 9.17) is 4.74 Å². The Kier molecular flexibility index (Phi) is 5.15. The first-order chi connectivity index (χ1) is 15.0. The van der Waals surface area contributed by atoms with Gasteiger partial charge in [-0.05, 0) is 26.8 Å². The largest absolute Gasteiger partial charge is 0.485 e. The van der Waals surface area contributed by atoms with Crippen LogP contribution in [0.3, 0.4) is 0 Å². The Bertz CT molecular complexity index is 1100. The van der Waals surface area contributed by atoms with Crippen LogP contribution in [0.15, 0.2) is 53.5 Å². The zero-order valence-corrected chi connectivity index (χ0v) is 17.9. The monoisotopic (exact) mass is 443 g/mol. The van der Waals surface area contributed by atoms with Gasteiger partial charge in [0.05, 0.1) is 17.9 Å². The van der Waals surface area contributed by atoms with Gasteiger partial charge in [-0.15, -0.1) is 0 Å². The zero-order valence-electron chi connectivity index (χ0n) is 17.9. The van der Waals surface area contributed by atoms with Crippen LogP contribution in [0.25, 0.3) is 0 Å². The Morgan fingerprint density at radius 3 is 2.50 bits per heavy atom. The summed E-state index contributed by atoms with van der Waals surface area (Å²) in [4.78, 5) is 32.3. The number of rotatable bonds is 2. The standard InChI is InChI=1S/C23H23F2N3O4/c1-22(2,3)28(21(30)31)19-20(29)27-12-23(24,25)13-32-16-11-7-10-15(18(16)27)17(26-19)14-8-5-4-6-9-14/h4-11,19H,12-13H2,1-3H3,(H,30,31). The van der Waals surface area contributed by atoms with Crippen molar-refractivity contribution in [1.82, 2.24) is 4.90 Å². The predicted molar refractivity (Wildman–Crippen MR) is 115 cm³/mol. The van der Waals surface area contributed by atoms with Crippen LogP contribution in [0.4, 0.5) is 19.3 Å². The number of carbonyl (C=O) groups is 2. The lowest BCUT2D eigenvalue weighted by molar-refractivity contribution is -0.126. The Morgan fingerprint density at radius 2 is 1.88 bits per heavy atom. The fourth-order valence-corrected chi connectivity index (χ4v) is 3.97. The van der Waals surface area contributed by atoms with Gasteiger partial charge >= 0.3 is 6.09 Å². The fraction of sp³-hybridized carbons (Fsp3) is 0.348. The summed E-state index contributed by atoms with van der Waals surface area (Å²) in [5.74, 6) is -4.06. The Balaban J connectivity index is 2.02. The van der Waals surface area contributed by atoms with Crippen LogP contribution in [0.1, 0.15) is 31.9 Å². The highest BCUT2D eigenvalue weighted by atomic mass is 19.3. The second kappa shape index (κ2) is 7.58. The first-order valence-corrected chi connectivity index (χ1v) is 10.1. The van der Waals surface area contributed by atoms with Crippen molar-refractivity contribution in [3.05, 3.63) is 59.7 Å². The maximum Gasteiger partial charge on any atom is 0.409 e. The maximum absolute atomic E-state index is 14.6. The van der Waals surface area contributed by atoms with E-state index in [1.54, 1.807) is 57.2 Å². The first-order valence-electron chi connectivity index (χ1n) is 10.1. The summed E-state index contributed by atoms with van der Waals surface area (Å²) < 4.78 is 34.5. The summed E-state index contributed by atoms with van der Waals surface area (Å²) >= 11 is 0. The molecule has 2 aromatic carbocycles. The van der Waals surface area contributed by atoms with Crippen molar-refractivity contribution in [2.24, 2.45) is 4.99 Å². The molecular formula is C23H23F2N3O4. The highest BCUT2D eigenvalue weighted by molar-refractivity contribution is 6.21. The van der Waals surface area contributed by atoms with Crippen LogP contribution in [-0.2, 0) is 4.79 Å². The van der Waals surface area contributed by atoms with Crippen LogP contribution in [0.2, 0.25) is 0 Å². The summed E-state index contributed by atoms with van der Waals surface area (Å²) in [5.41, 5.74) is 0.505. The van der Waals surface area contributed by atoms with Crippen LogP contribution in [-0.4, -0.2) is 58.5 Å². The summed E-state index contributed by atoms with van der Waals surface area (Å²) in [6.07, 6.45) is -2.94. The minimum atomic E-state index is -3.33. The van der Waals surface area contributed by atoms with E-state index in [0.29, 0.717) is 16.8 Å². The quantitative estimate of drug-likeness (QED) is 0.761. The number of para-hydroxylation sites is 1. The van der Waals surface area contributed by atoms with Gasteiger partial charge in [-0.1, -0.05) is 42.5 Å². The SMILES string of the molecule is CC(C)(C)N(C(=O)O)C1N=C(c2ccccc2)c2cccc3c2N(CC(F)(F)CO3)C1=O. The maximum atomic E-state index is 14.6. The molecule has 1 unspecified atom stereocenters. The lowest BCUT2D eigenvalue weighted by Gasteiger charge is -2.38. The summed E-state index contributed by atoms with van der Waals surface area (Å²) in [5, 5.41) is 9.94. The van der Waals surface area contributed by atoms with E-state index in [9.17, 15) is 23.5 Å². The van der Waals surface area contributed by atoms with E-state index >= 15 is 0 Å². The Labute approximate surface area is 183 Å². The van der Waals surface area contributed by atoms with Gasteiger partial charge in [0.15, 0.2) is 6.61 Å². The molecule has 32 heavy (non-hydrogen) atoms. The Morgan fingerprint density at radius 1 is 1.19 bits per heavy atom. The lowest BCUT2D eigenvalue weighted by atomic mass is 9.99. The molecule has 0 radical (unpaired) electrons. The van der Waals surface area contributed by atoms with Gasteiger partial charge in [-0.3, -0.25) is 14.6 Å². The molecule has 0 aliphatic carbocycles. The van der Waals surface area contributed by atoms with Crippen LogP contribution in [0, 0.1) is 0 Å². The van der Waals surface area contributed by atoms with Crippen molar-refractivity contribution < 1.29 is 28.2 Å². The van der Waals surface area contributed by atoms with Crippen molar-refractivity contribution in [1.29, 1.82) is 0 Å². The molecule has 1 N–H and O–H groups in total. The molecule has 2 amide bonds. The molecule has 1 atom stereocenters. The third-order valence-corrected chi connectivity index (χ3v) is 5.31. The third-order valence-electron chi connectivity index (χ3n) is 5.31. The molecule has 168 valence electrons. The number of amides is 2. The number of aliphatic imine (C=N–C) groups is 1. The van der Waals surface area contributed by atoms with Gasteiger partial charge in [0, 0.05) is 16.7 Å². The fourth-order valence-electron chi connectivity index (χ4n) is 3.97. The highest BCUT2D eigenvalue weighted by Crippen LogP contribution is 2.41. The number of carbonyl (C=O) groups excluding carboxylic acids is 1. The number of carboxylic acid groups (broad SMARTS) is 1. The van der Waals surface area contributed by atoms with Crippen molar-refractivity contribution in [2.45, 2.75) is 38.4 Å². The van der Waals surface area contributed by atoms with E-state index in [1.165, 1.54) is 6.07 Å². The van der Waals surface area contributed by atoms with E-state index in [1.807, 2.05) is 6.07 Å². The molecule has 0 saturated carbocycles. The number of ether oxygens (including phenoxy) is 1. The van der Waals surface area contributed by atoms with Gasteiger partial charge in [0.2, 0.25) is 6.17 Å². The van der Waals surface area contributed by atoms with Crippen LogP contribution >= 0.6 is 0 Å². The molecule has 2 aliphatic heterocycles. The zero-order chi connectivity index (χ0) is 23.3. The number of halogens is 2. The average molecular weight is 443 g/mol. The minimum Gasteiger partial charge on any atom is -0.485 e. The van der Waals surface area contributed by atoms with Gasteiger partial charge in [0.25, 0.3) is 11.8 Å². The van der Waals surface area contributed by atoms with Crippen molar-refractivity contribution in [3.63, 3.8) is 0 Å². The van der Waals surface area contributed by atoms with Crippen molar-refractivity contribution >= 4 is 23.4 Å². The second-order valence-corrected chi connectivity index (χ2v) is 8.76. The molecule has 9 heteroatoms. The number of alkyl halides is 2. The number of hydrogen-bond acceptors (Lipinski definition) is 4. The highest BCUT2D eigenvalue weighted by Gasteiger charge is 2.47. The van der Waals surface area contributed by atoms with Crippen LogP contribution in [0.5, 0.6) is 5.75 Å². The van der Waals surface area contributed by atoms with E-state index < -0.39 is 42.8 Å². The molecule has 0 aromatic heterocycles. The van der Waals surface area contributed by atoms with Crippen molar-refractivity contribution in [3.8, 4) is 5.75 Å². The van der Waals surface area contributed by atoms with Gasteiger partial charge in [-0.25, -0.2) is 18.6 Å². The van der Waals surface area contributed by atoms with E-state index in [2.05, 4.69) is 4.99 Å². The molecule has 4 rings (SSSR count). The van der Waals surface area contributed by atoms with Crippen LogP contribution < -0.4 is 9.64 Å². The molecule has 2 heterocycles. The summed E-state index contributed by atoms with van der Waals surface area (Å²) in [7, 11) is 0. The topological polar surface area (TPSA) is 82.4 Å². The summed E-state index contributed by atoms with van der Waals surface area (Å²) in [6, 6.07) is 13.7. The predicted octanol–water partition coefficient (Wildman–Crippen LogP) is 4.00. The first kappa shape index (κ1) is 21.7. The Hall–Kier alpha value is -3.49. The molecule has 7 nitrogen and oxygen atoms in total. The van der Waals surface area contributed by atoms with Crippen molar-refractivity contribution in [2.75, 3.05) is 18.1 Å². The number of hydrogen-bond donors (Lipinski definition) is 1. The molecule has 2 aromatic rings.